The quantitative estimate of drug-likeness (QED) is 0.780. The zero-order valence-electron chi connectivity index (χ0n) is 14.9. The monoisotopic (exact) mass is 398 g/mol. The fraction of sp³-hybridized carbons (Fsp3) is 0.412. The standard InChI is InChI=1S/C17H20F2N4O3S/c1-11(2)27(26)22-5-3-21(4-6-22)15-10-20-23(17(25)16(15)24)14-8-12(18)7-13(19)9-14/h7-11,20H,3-6H2,1-2H3. The van der Waals surface area contributed by atoms with Crippen LogP contribution in [0.4, 0.5) is 14.5 Å². The topological polar surface area (TPSA) is 78.4 Å². The number of anilines is 1. The summed E-state index contributed by atoms with van der Waals surface area (Å²) in [5.74, 6) is -1.70. The third kappa shape index (κ3) is 4.01. The summed E-state index contributed by atoms with van der Waals surface area (Å²) in [5.41, 5.74) is -1.61. The molecule has 0 spiro atoms. The maximum atomic E-state index is 13.4. The summed E-state index contributed by atoms with van der Waals surface area (Å²) in [6.07, 6.45) is 1.35. The second kappa shape index (κ2) is 7.73. The molecule has 1 saturated heterocycles. The molecule has 27 heavy (non-hydrogen) atoms. The van der Waals surface area contributed by atoms with Crippen LogP contribution in [0.3, 0.4) is 0 Å². The molecule has 0 bridgehead atoms. The third-order valence-corrected chi connectivity index (χ3v) is 5.98. The molecule has 1 fully saturated rings. The van der Waals surface area contributed by atoms with Gasteiger partial charge in [-0.15, -0.1) is 0 Å². The fourth-order valence-electron chi connectivity index (χ4n) is 2.96. The van der Waals surface area contributed by atoms with Crippen molar-refractivity contribution in [2.45, 2.75) is 19.1 Å². The number of hydrogen-bond donors (Lipinski definition) is 1. The predicted molar refractivity (Wildman–Crippen MR) is 99.6 cm³/mol. The molecule has 1 aliphatic rings. The highest BCUT2D eigenvalue weighted by molar-refractivity contribution is 7.83. The van der Waals surface area contributed by atoms with Gasteiger partial charge in [-0.25, -0.2) is 22.0 Å². The van der Waals surface area contributed by atoms with Gasteiger partial charge in [-0.1, -0.05) is 0 Å². The van der Waals surface area contributed by atoms with Gasteiger partial charge in [0.2, 0.25) is 0 Å². The van der Waals surface area contributed by atoms with Crippen LogP contribution in [0.2, 0.25) is 0 Å². The van der Waals surface area contributed by atoms with E-state index in [0.717, 1.165) is 16.8 Å². The number of H-pyrrole nitrogens is 1. The van der Waals surface area contributed by atoms with E-state index >= 15 is 0 Å². The molecule has 2 aromatic rings. The van der Waals surface area contributed by atoms with Crippen LogP contribution in [0.15, 0.2) is 34.0 Å². The Hall–Kier alpha value is -2.33. The molecule has 1 aromatic carbocycles. The van der Waals surface area contributed by atoms with E-state index in [2.05, 4.69) is 5.10 Å². The zero-order valence-corrected chi connectivity index (χ0v) is 15.8. The second-order valence-corrected chi connectivity index (χ2v) is 8.51. The van der Waals surface area contributed by atoms with Crippen molar-refractivity contribution in [3.8, 4) is 5.69 Å². The summed E-state index contributed by atoms with van der Waals surface area (Å²) < 4.78 is 41.6. The predicted octanol–water partition coefficient (Wildman–Crippen LogP) is 0.998. The highest BCUT2D eigenvalue weighted by atomic mass is 32.2. The summed E-state index contributed by atoms with van der Waals surface area (Å²) in [6, 6.07) is 2.60. The number of nitrogens with zero attached hydrogens (tertiary/aromatic N) is 3. The fourth-order valence-corrected chi connectivity index (χ4v) is 4.08. The number of aromatic amines is 1. The number of benzene rings is 1. The lowest BCUT2D eigenvalue weighted by Gasteiger charge is -2.35. The number of rotatable bonds is 4. The van der Waals surface area contributed by atoms with Crippen LogP contribution in [0.25, 0.3) is 5.69 Å². The van der Waals surface area contributed by atoms with Gasteiger partial charge < -0.3 is 4.90 Å². The minimum atomic E-state index is -1.09. The van der Waals surface area contributed by atoms with Crippen LogP contribution in [-0.4, -0.2) is 49.7 Å². The lowest BCUT2D eigenvalue weighted by atomic mass is 10.3. The maximum absolute atomic E-state index is 13.4. The Balaban J connectivity index is 1.85. The Morgan fingerprint density at radius 1 is 1.04 bits per heavy atom. The third-order valence-electron chi connectivity index (χ3n) is 4.30. The summed E-state index contributed by atoms with van der Waals surface area (Å²) in [7, 11) is -1.09. The molecule has 0 radical (unpaired) electrons. The summed E-state index contributed by atoms with van der Waals surface area (Å²) in [4.78, 5) is 26.6. The van der Waals surface area contributed by atoms with E-state index in [1.165, 1.54) is 6.20 Å². The normalized spacial score (nSPS) is 16.7. The molecular formula is C17H20F2N4O3S. The smallest absolute Gasteiger partial charge is 0.319 e. The Labute approximate surface area is 156 Å². The van der Waals surface area contributed by atoms with Crippen LogP contribution in [-0.2, 0) is 11.0 Å². The van der Waals surface area contributed by atoms with Crippen molar-refractivity contribution in [1.29, 1.82) is 0 Å². The Morgan fingerprint density at radius 2 is 1.63 bits per heavy atom. The lowest BCUT2D eigenvalue weighted by molar-refractivity contribution is 0.407. The van der Waals surface area contributed by atoms with E-state index < -0.39 is 33.6 Å². The van der Waals surface area contributed by atoms with Gasteiger partial charge in [0.1, 0.15) is 17.3 Å². The van der Waals surface area contributed by atoms with Crippen molar-refractivity contribution in [1.82, 2.24) is 14.1 Å². The SMILES string of the molecule is CC(C)S(=O)N1CCN(c2c[nH]n(-c3cc(F)cc(F)c3)c(=O)c2=O)CC1. The molecule has 7 nitrogen and oxygen atoms in total. The summed E-state index contributed by atoms with van der Waals surface area (Å²) in [5, 5.41) is 2.63. The minimum absolute atomic E-state index is 0.00976. The van der Waals surface area contributed by atoms with Crippen LogP contribution >= 0.6 is 0 Å². The second-order valence-electron chi connectivity index (χ2n) is 6.50. The molecule has 1 N–H and O–H groups in total. The molecule has 0 saturated carbocycles. The van der Waals surface area contributed by atoms with Gasteiger partial charge in [0.15, 0.2) is 0 Å². The van der Waals surface area contributed by atoms with Gasteiger partial charge in [-0.2, -0.15) is 0 Å². The average molecular weight is 398 g/mol. The van der Waals surface area contributed by atoms with Crippen LogP contribution < -0.4 is 15.9 Å². The molecule has 2 heterocycles. The Bertz CT molecular complexity index is 961. The Kier molecular flexibility index (Phi) is 5.56. The Morgan fingerprint density at radius 3 is 2.19 bits per heavy atom. The molecule has 146 valence electrons. The number of aromatic nitrogens is 2. The average Bonchev–Trinajstić information content (AvgIpc) is 2.62. The van der Waals surface area contributed by atoms with E-state index in [9.17, 15) is 22.6 Å². The number of halogens is 2. The lowest BCUT2D eigenvalue weighted by Crippen LogP contribution is -2.50. The first-order valence-corrected chi connectivity index (χ1v) is 9.66. The molecule has 1 unspecified atom stereocenters. The molecule has 3 rings (SSSR count). The number of piperazine rings is 1. The number of nitrogens with one attached hydrogen (secondary N) is 1. The highest BCUT2D eigenvalue weighted by Gasteiger charge is 2.25. The van der Waals surface area contributed by atoms with Crippen molar-refractivity contribution in [2.75, 3.05) is 31.1 Å². The van der Waals surface area contributed by atoms with E-state index in [1.54, 1.807) is 4.90 Å². The van der Waals surface area contributed by atoms with Crippen molar-refractivity contribution < 1.29 is 13.0 Å². The summed E-state index contributed by atoms with van der Waals surface area (Å²) in [6.45, 7) is 5.65. The first-order chi connectivity index (χ1) is 12.8. The van der Waals surface area contributed by atoms with Crippen LogP contribution in [0.5, 0.6) is 0 Å². The van der Waals surface area contributed by atoms with Crippen molar-refractivity contribution in [3.05, 3.63) is 56.6 Å². The number of hydrogen-bond acceptors (Lipinski definition) is 4. The van der Waals surface area contributed by atoms with Gasteiger partial charge in [-0.05, 0) is 26.0 Å². The molecule has 1 atom stereocenters. The van der Waals surface area contributed by atoms with E-state index in [4.69, 9.17) is 0 Å². The van der Waals surface area contributed by atoms with Gasteiger partial charge in [0.25, 0.3) is 5.43 Å². The van der Waals surface area contributed by atoms with E-state index in [-0.39, 0.29) is 16.6 Å². The zero-order chi connectivity index (χ0) is 19.7. The van der Waals surface area contributed by atoms with Crippen molar-refractivity contribution in [3.63, 3.8) is 0 Å². The van der Waals surface area contributed by atoms with Crippen LogP contribution in [0, 0.1) is 11.6 Å². The molecule has 1 aromatic heterocycles. The van der Waals surface area contributed by atoms with Gasteiger partial charge in [-0.3, -0.25) is 14.7 Å². The molecule has 0 amide bonds. The van der Waals surface area contributed by atoms with Crippen molar-refractivity contribution >= 4 is 16.7 Å². The molecular weight excluding hydrogens is 378 g/mol. The van der Waals surface area contributed by atoms with Crippen molar-refractivity contribution in [2.24, 2.45) is 0 Å². The molecule has 0 aliphatic carbocycles. The summed E-state index contributed by atoms with van der Waals surface area (Å²) >= 11 is 0. The first-order valence-electron chi connectivity index (χ1n) is 8.49. The first kappa shape index (κ1) is 19.4. The molecule has 1 aliphatic heterocycles. The van der Waals surface area contributed by atoms with E-state index in [0.29, 0.717) is 32.2 Å². The minimum Gasteiger partial charge on any atom is -0.364 e. The van der Waals surface area contributed by atoms with Gasteiger partial charge in [0, 0.05) is 43.7 Å². The van der Waals surface area contributed by atoms with Gasteiger partial charge in [0.05, 0.1) is 16.7 Å². The molecule has 10 heteroatoms. The largest absolute Gasteiger partial charge is 0.364 e. The maximum Gasteiger partial charge on any atom is 0.319 e. The van der Waals surface area contributed by atoms with Crippen LogP contribution in [0.1, 0.15) is 13.8 Å². The van der Waals surface area contributed by atoms with Gasteiger partial charge >= 0.3 is 5.56 Å². The van der Waals surface area contributed by atoms with E-state index in [1.807, 2.05) is 18.2 Å². The highest BCUT2D eigenvalue weighted by Crippen LogP contribution is 2.14.